The van der Waals surface area contributed by atoms with Crippen LogP contribution in [0.5, 0.6) is 0 Å². The third kappa shape index (κ3) is 7.05. The highest BCUT2D eigenvalue weighted by molar-refractivity contribution is 8.01. The third-order valence-electron chi connectivity index (χ3n) is 8.07. The number of carbonyl (C=O) groups excluding carboxylic acids is 6. The molecule has 0 aromatic heterocycles. The molecule has 0 aliphatic carbocycles. The van der Waals surface area contributed by atoms with Gasteiger partial charge in [0.2, 0.25) is 35.4 Å². The van der Waals surface area contributed by atoms with Gasteiger partial charge in [0.05, 0.1) is 5.25 Å². The highest BCUT2D eigenvalue weighted by atomic mass is 32.2. The Hall–Kier alpha value is -3.61. The fraction of sp³-hybridized carbons (Fsp3) is 0.586. The van der Waals surface area contributed by atoms with Gasteiger partial charge in [-0.15, -0.1) is 11.8 Å². The molecule has 0 spiro atoms. The molecule has 3 heterocycles. The molecular weight excluding hydrogens is 560 g/mol. The van der Waals surface area contributed by atoms with Crippen molar-refractivity contribution in [1.82, 2.24) is 31.1 Å². The van der Waals surface area contributed by atoms with Gasteiger partial charge < -0.3 is 31.1 Å². The molecule has 2 bridgehead atoms. The van der Waals surface area contributed by atoms with Crippen molar-refractivity contribution in [2.24, 2.45) is 0 Å². The summed E-state index contributed by atoms with van der Waals surface area (Å²) in [6.45, 7) is 5.62. The molecule has 42 heavy (non-hydrogen) atoms. The average molecular weight is 601 g/mol. The van der Waals surface area contributed by atoms with E-state index < -0.39 is 53.2 Å². The van der Waals surface area contributed by atoms with Crippen molar-refractivity contribution < 1.29 is 28.8 Å². The van der Waals surface area contributed by atoms with Gasteiger partial charge in [0.15, 0.2) is 0 Å². The fourth-order valence-corrected chi connectivity index (χ4v) is 7.17. The van der Waals surface area contributed by atoms with Gasteiger partial charge in [0, 0.05) is 31.8 Å². The smallest absolute Gasteiger partial charge is 0.245 e. The van der Waals surface area contributed by atoms with E-state index in [1.807, 2.05) is 30.3 Å². The normalized spacial score (nSPS) is 27.6. The monoisotopic (exact) mass is 600 g/mol. The van der Waals surface area contributed by atoms with Crippen LogP contribution in [0.25, 0.3) is 0 Å². The molecule has 3 aliphatic heterocycles. The third-order valence-corrected chi connectivity index (χ3v) is 9.41. The molecule has 228 valence electrons. The zero-order chi connectivity index (χ0) is 30.6. The maximum atomic E-state index is 13.5. The summed E-state index contributed by atoms with van der Waals surface area (Å²) in [4.78, 5) is 81.8. The van der Waals surface area contributed by atoms with Crippen molar-refractivity contribution in [1.29, 1.82) is 0 Å². The summed E-state index contributed by atoms with van der Waals surface area (Å²) in [5.74, 6) is -2.31. The van der Waals surface area contributed by atoms with Gasteiger partial charge in [-0.25, -0.2) is 0 Å². The fourth-order valence-electron chi connectivity index (χ4n) is 5.80. The van der Waals surface area contributed by atoms with Crippen LogP contribution in [0.2, 0.25) is 0 Å². The number of thioether (sulfide) groups is 1. The van der Waals surface area contributed by atoms with Crippen LogP contribution in [0.4, 0.5) is 0 Å². The highest BCUT2D eigenvalue weighted by Crippen LogP contribution is 2.33. The summed E-state index contributed by atoms with van der Waals surface area (Å²) in [5.41, 5.74) is 0.866. The van der Waals surface area contributed by atoms with Gasteiger partial charge in [-0.3, -0.25) is 28.8 Å². The first-order chi connectivity index (χ1) is 20.0. The summed E-state index contributed by atoms with van der Waals surface area (Å²) < 4.78 is 0. The summed E-state index contributed by atoms with van der Waals surface area (Å²) >= 11 is 1.40. The van der Waals surface area contributed by atoms with Gasteiger partial charge >= 0.3 is 0 Å². The minimum absolute atomic E-state index is 0.122. The number of hydrogen-bond acceptors (Lipinski definition) is 7. The second kappa shape index (κ2) is 13.6. The molecule has 4 N–H and O–H groups in total. The summed E-state index contributed by atoms with van der Waals surface area (Å²) in [6, 6.07) is 5.05. The Morgan fingerprint density at radius 1 is 1.02 bits per heavy atom. The second-order valence-electron chi connectivity index (χ2n) is 11.2. The van der Waals surface area contributed by atoms with E-state index in [0.717, 1.165) is 12.0 Å². The molecule has 0 radical (unpaired) electrons. The predicted octanol–water partition coefficient (Wildman–Crippen LogP) is -0.435. The molecule has 3 fully saturated rings. The van der Waals surface area contributed by atoms with Crippen LogP contribution in [-0.2, 0) is 35.2 Å². The molecule has 0 saturated carbocycles. The molecule has 6 amide bonds. The first kappa shape index (κ1) is 31.3. The number of rotatable bonds is 7. The molecular formula is C29H40N6O6S. The molecule has 1 aromatic carbocycles. The summed E-state index contributed by atoms with van der Waals surface area (Å²) in [7, 11) is 1.49. The van der Waals surface area contributed by atoms with Crippen molar-refractivity contribution in [3.63, 3.8) is 0 Å². The van der Waals surface area contributed by atoms with E-state index in [1.165, 1.54) is 30.6 Å². The van der Waals surface area contributed by atoms with Crippen molar-refractivity contribution in [3.8, 4) is 0 Å². The lowest BCUT2D eigenvalue weighted by Gasteiger charge is -2.31. The van der Waals surface area contributed by atoms with Crippen molar-refractivity contribution >= 4 is 47.2 Å². The van der Waals surface area contributed by atoms with Crippen LogP contribution in [-0.4, -0.2) is 106 Å². The van der Waals surface area contributed by atoms with E-state index >= 15 is 0 Å². The standard InChI is InChI=1S/C29H40N6O6S/c1-16(24(36)33-21(25(37)30-4)13-19-9-6-5-7-10-19)31-27(39)23-14-20-15-35(23)28(40)17(2)32-26(38)22-11-8-12-34(22)29(41)18(3)42-20/h5-7,9-10,16-18,20-23H,8,11-15H2,1-4H3,(H,30,37)(H,31,39)(H,32,38)(H,33,36)/t16-,17+,18+,20-,21-,22-,23-/m0/s1. The lowest BCUT2D eigenvalue weighted by atomic mass is 10.0. The molecule has 1 aromatic rings. The molecule has 13 heteroatoms. The van der Waals surface area contributed by atoms with Gasteiger partial charge in [0.1, 0.15) is 30.2 Å². The predicted molar refractivity (Wildman–Crippen MR) is 157 cm³/mol. The van der Waals surface area contributed by atoms with Crippen molar-refractivity contribution in [2.75, 3.05) is 20.1 Å². The minimum Gasteiger partial charge on any atom is -0.357 e. The zero-order valence-electron chi connectivity index (χ0n) is 24.4. The second-order valence-corrected chi connectivity index (χ2v) is 12.8. The Bertz CT molecular complexity index is 1210. The largest absolute Gasteiger partial charge is 0.357 e. The maximum absolute atomic E-state index is 13.5. The van der Waals surface area contributed by atoms with Gasteiger partial charge in [-0.1, -0.05) is 30.3 Å². The number of nitrogens with zero attached hydrogens (tertiary/aromatic N) is 2. The first-order valence-electron chi connectivity index (χ1n) is 14.4. The Morgan fingerprint density at radius 3 is 2.43 bits per heavy atom. The Balaban J connectivity index is 1.45. The number of benzene rings is 1. The number of likely N-dealkylation sites (N-methyl/N-ethyl adjacent to an activating group) is 1. The summed E-state index contributed by atoms with van der Waals surface area (Å²) in [5, 5.41) is 10.1. The molecule has 0 unspecified atom stereocenters. The van der Waals surface area contributed by atoms with E-state index in [4.69, 9.17) is 0 Å². The lowest BCUT2D eigenvalue weighted by Crippen LogP contribution is -2.58. The Kier molecular flexibility index (Phi) is 10.1. The van der Waals surface area contributed by atoms with Gasteiger partial charge in [-0.2, -0.15) is 0 Å². The van der Waals surface area contributed by atoms with Crippen molar-refractivity contribution in [2.45, 2.75) is 87.2 Å². The van der Waals surface area contributed by atoms with Crippen LogP contribution < -0.4 is 21.3 Å². The number of carbonyl (C=O) groups is 6. The van der Waals surface area contributed by atoms with Crippen LogP contribution in [0.1, 0.15) is 45.6 Å². The van der Waals surface area contributed by atoms with Crippen LogP contribution >= 0.6 is 11.8 Å². The van der Waals surface area contributed by atoms with Crippen LogP contribution in [0.3, 0.4) is 0 Å². The van der Waals surface area contributed by atoms with Crippen LogP contribution in [0.15, 0.2) is 30.3 Å². The molecule has 7 atom stereocenters. The lowest BCUT2D eigenvalue weighted by molar-refractivity contribution is -0.143. The number of amides is 6. The molecule has 12 nitrogen and oxygen atoms in total. The number of hydrogen-bond donors (Lipinski definition) is 4. The maximum Gasteiger partial charge on any atom is 0.245 e. The minimum atomic E-state index is -0.990. The van der Waals surface area contributed by atoms with Gasteiger partial charge in [-0.05, 0) is 45.6 Å². The van der Waals surface area contributed by atoms with E-state index in [2.05, 4.69) is 21.3 Å². The Labute approximate surface area is 250 Å². The van der Waals surface area contributed by atoms with Crippen LogP contribution in [0, 0.1) is 0 Å². The number of nitrogens with one attached hydrogen (secondary N) is 4. The Morgan fingerprint density at radius 2 is 1.74 bits per heavy atom. The number of fused-ring (bicyclic) bond motifs is 3. The molecule has 3 aliphatic rings. The quantitative estimate of drug-likeness (QED) is 0.331. The van der Waals surface area contributed by atoms with E-state index in [0.29, 0.717) is 19.4 Å². The topological polar surface area (TPSA) is 157 Å². The average Bonchev–Trinajstić information content (AvgIpc) is 3.63. The van der Waals surface area contributed by atoms with Gasteiger partial charge in [0.25, 0.3) is 0 Å². The highest BCUT2D eigenvalue weighted by Gasteiger charge is 2.45. The van der Waals surface area contributed by atoms with Crippen molar-refractivity contribution in [3.05, 3.63) is 35.9 Å². The first-order valence-corrected chi connectivity index (χ1v) is 15.4. The van der Waals surface area contributed by atoms with E-state index in [9.17, 15) is 28.8 Å². The summed E-state index contributed by atoms with van der Waals surface area (Å²) in [6.07, 6.45) is 1.84. The van der Waals surface area contributed by atoms with E-state index in [1.54, 1.807) is 18.7 Å². The molecule has 3 saturated heterocycles. The van der Waals surface area contributed by atoms with E-state index in [-0.39, 0.29) is 35.9 Å². The zero-order valence-corrected chi connectivity index (χ0v) is 25.2. The molecule has 4 rings (SSSR count). The SMILES string of the molecule is CNC(=O)[C@H](Cc1ccccc1)NC(=O)[C@H](C)NC(=O)[C@@H]1C[C@H]2CN1C(=O)[C@@H](C)NC(=O)[C@@H]1CCCN1C(=O)[C@@H](C)S2.